The minimum Gasteiger partial charge on any atom is -0.481 e. The number of hydrogen-bond donors (Lipinski definition) is 2. The van der Waals surface area contributed by atoms with Gasteiger partial charge in [-0.15, -0.1) is 0 Å². The Bertz CT molecular complexity index is 396. The first kappa shape index (κ1) is 14.9. The van der Waals surface area contributed by atoms with Gasteiger partial charge in [0.15, 0.2) is 0 Å². The van der Waals surface area contributed by atoms with Crippen molar-refractivity contribution < 1.29 is 14.7 Å². The van der Waals surface area contributed by atoms with Gasteiger partial charge in [-0.2, -0.15) is 0 Å². The van der Waals surface area contributed by atoms with E-state index in [2.05, 4.69) is 12.2 Å². The molecule has 1 amide bonds. The summed E-state index contributed by atoms with van der Waals surface area (Å²) in [5, 5.41) is 11.8. The monoisotopic (exact) mass is 293 g/mol. The summed E-state index contributed by atoms with van der Waals surface area (Å²) in [7, 11) is 0. The Morgan fingerprint density at radius 3 is 2.10 bits per heavy atom. The van der Waals surface area contributed by atoms with E-state index in [9.17, 15) is 9.59 Å². The van der Waals surface area contributed by atoms with Crippen LogP contribution in [0.4, 0.5) is 0 Å². The minimum atomic E-state index is -0.822. The highest BCUT2D eigenvalue weighted by molar-refractivity contribution is 5.77. The van der Waals surface area contributed by atoms with Gasteiger partial charge in [0.1, 0.15) is 0 Å². The van der Waals surface area contributed by atoms with Crippen molar-refractivity contribution in [1.29, 1.82) is 0 Å². The molecule has 4 rings (SSSR count). The van der Waals surface area contributed by atoms with E-state index in [1.54, 1.807) is 0 Å². The SMILES string of the molecule is C[C@H](NC(=O)CCCC(=O)O)C12CC3CC(CC(C3)C1)C2. The molecule has 0 spiro atoms. The first-order valence-electron chi connectivity index (χ1n) is 8.48. The van der Waals surface area contributed by atoms with E-state index >= 15 is 0 Å². The summed E-state index contributed by atoms with van der Waals surface area (Å²) in [4.78, 5) is 22.5. The summed E-state index contributed by atoms with van der Waals surface area (Å²) in [5.41, 5.74) is 0.331. The van der Waals surface area contributed by atoms with Gasteiger partial charge in [-0.3, -0.25) is 9.59 Å². The first-order chi connectivity index (χ1) is 9.97. The van der Waals surface area contributed by atoms with Gasteiger partial charge in [-0.05, 0) is 75.0 Å². The minimum absolute atomic E-state index is 0.0273. The smallest absolute Gasteiger partial charge is 0.303 e. The maximum absolute atomic E-state index is 12.0. The lowest BCUT2D eigenvalue weighted by Gasteiger charge is -2.59. The zero-order valence-corrected chi connectivity index (χ0v) is 12.9. The molecule has 0 saturated heterocycles. The molecule has 0 radical (unpaired) electrons. The quantitative estimate of drug-likeness (QED) is 0.791. The van der Waals surface area contributed by atoms with Gasteiger partial charge in [0, 0.05) is 18.9 Å². The highest BCUT2D eigenvalue weighted by Gasteiger charge is 2.53. The summed E-state index contributed by atoms with van der Waals surface area (Å²) in [6.07, 6.45) is 8.97. The molecule has 4 aliphatic rings. The lowest BCUT2D eigenvalue weighted by molar-refractivity contribution is -0.137. The normalized spacial score (nSPS) is 38.2. The molecule has 0 aromatic carbocycles. The van der Waals surface area contributed by atoms with Crippen molar-refractivity contribution in [2.75, 3.05) is 0 Å². The van der Waals surface area contributed by atoms with E-state index in [0.717, 1.165) is 17.8 Å². The van der Waals surface area contributed by atoms with Crippen LogP contribution < -0.4 is 5.32 Å². The summed E-state index contributed by atoms with van der Waals surface area (Å²) in [6, 6.07) is 0.239. The van der Waals surface area contributed by atoms with Crippen LogP contribution in [0.5, 0.6) is 0 Å². The molecule has 0 unspecified atom stereocenters. The van der Waals surface area contributed by atoms with Crippen LogP contribution in [0.15, 0.2) is 0 Å². The summed E-state index contributed by atoms with van der Waals surface area (Å²) in [5.74, 6) is 1.88. The second-order valence-electron chi connectivity index (χ2n) is 7.82. The van der Waals surface area contributed by atoms with Gasteiger partial charge in [0.2, 0.25) is 5.91 Å². The van der Waals surface area contributed by atoms with Gasteiger partial charge >= 0.3 is 5.97 Å². The number of amides is 1. The molecule has 0 aromatic rings. The van der Waals surface area contributed by atoms with E-state index in [-0.39, 0.29) is 18.4 Å². The molecule has 2 N–H and O–H groups in total. The first-order valence-corrected chi connectivity index (χ1v) is 8.48. The fraction of sp³-hybridized carbons (Fsp3) is 0.882. The van der Waals surface area contributed by atoms with Crippen LogP contribution in [0.25, 0.3) is 0 Å². The molecule has 21 heavy (non-hydrogen) atoms. The zero-order chi connectivity index (χ0) is 15.0. The van der Waals surface area contributed by atoms with Gasteiger partial charge in [0.05, 0.1) is 0 Å². The molecule has 0 aromatic heterocycles. The van der Waals surface area contributed by atoms with Crippen molar-refractivity contribution >= 4 is 11.9 Å². The van der Waals surface area contributed by atoms with Gasteiger partial charge in [0.25, 0.3) is 0 Å². The van der Waals surface area contributed by atoms with E-state index < -0.39 is 5.97 Å². The van der Waals surface area contributed by atoms with Crippen LogP contribution in [0.3, 0.4) is 0 Å². The predicted octanol–water partition coefficient (Wildman–Crippen LogP) is 2.96. The topological polar surface area (TPSA) is 66.4 Å². The van der Waals surface area contributed by atoms with Crippen LogP contribution in [-0.4, -0.2) is 23.0 Å². The molecule has 4 fully saturated rings. The Morgan fingerprint density at radius 1 is 1.10 bits per heavy atom. The molecule has 4 bridgehead atoms. The number of hydrogen-bond acceptors (Lipinski definition) is 2. The molecular weight excluding hydrogens is 266 g/mol. The van der Waals surface area contributed by atoms with Crippen molar-refractivity contribution in [1.82, 2.24) is 5.32 Å². The van der Waals surface area contributed by atoms with Crippen molar-refractivity contribution in [2.24, 2.45) is 23.2 Å². The summed E-state index contributed by atoms with van der Waals surface area (Å²) in [6.45, 7) is 2.17. The molecule has 0 aliphatic heterocycles. The number of carboxylic acids is 1. The van der Waals surface area contributed by atoms with Crippen LogP contribution in [0.1, 0.15) is 64.7 Å². The Kier molecular flexibility index (Phi) is 3.98. The summed E-state index contributed by atoms with van der Waals surface area (Å²) < 4.78 is 0. The van der Waals surface area contributed by atoms with E-state index in [0.29, 0.717) is 18.3 Å². The fourth-order valence-corrected chi connectivity index (χ4v) is 5.57. The second-order valence-corrected chi connectivity index (χ2v) is 7.82. The Hall–Kier alpha value is -1.06. The third kappa shape index (κ3) is 3.09. The van der Waals surface area contributed by atoms with E-state index in [4.69, 9.17) is 5.11 Å². The standard InChI is InChI=1S/C17H27NO3/c1-11(18-15(19)3-2-4-16(20)21)17-8-12-5-13(9-17)7-14(6-12)10-17/h11-14H,2-10H2,1H3,(H,18,19)(H,20,21)/t11-,12?,13?,14?,17?/m0/s1. The predicted molar refractivity (Wildman–Crippen MR) is 79.7 cm³/mol. The van der Waals surface area contributed by atoms with Crippen molar-refractivity contribution in [3.63, 3.8) is 0 Å². The number of carboxylic acid groups (broad SMARTS) is 1. The maximum atomic E-state index is 12.0. The van der Waals surface area contributed by atoms with Crippen LogP contribution in [0, 0.1) is 23.2 Å². The van der Waals surface area contributed by atoms with Crippen LogP contribution in [0.2, 0.25) is 0 Å². The third-order valence-electron chi connectivity index (χ3n) is 6.18. The van der Waals surface area contributed by atoms with Crippen LogP contribution in [-0.2, 0) is 9.59 Å². The highest BCUT2D eigenvalue weighted by Crippen LogP contribution is 2.61. The largest absolute Gasteiger partial charge is 0.481 e. The molecule has 4 heteroatoms. The molecule has 4 nitrogen and oxygen atoms in total. The van der Waals surface area contributed by atoms with E-state index in [1.165, 1.54) is 38.5 Å². The Morgan fingerprint density at radius 2 is 1.62 bits per heavy atom. The van der Waals surface area contributed by atoms with Crippen molar-refractivity contribution in [3.05, 3.63) is 0 Å². The molecule has 4 saturated carbocycles. The van der Waals surface area contributed by atoms with Crippen LogP contribution >= 0.6 is 0 Å². The van der Waals surface area contributed by atoms with Gasteiger partial charge in [-0.25, -0.2) is 0 Å². The molecule has 4 aliphatic carbocycles. The number of aliphatic carboxylic acids is 1. The van der Waals surface area contributed by atoms with Crippen molar-refractivity contribution in [3.8, 4) is 0 Å². The summed E-state index contributed by atoms with van der Waals surface area (Å²) >= 11 is 0. The molecular formula is C17H27NO3. The molecule has 118 valence electrons. The van der Waals surface area contributed by atoms with Crippen molar-refractivity contribution in [2.45, 2.75) is 70.8 Å². The Labute approximate surface area is 126 Å². The van der Waals surface area contributed by atoms with Gasteiger partial charge < -0.3 is 10.4 Å². The zero-order valence-electron chi connectivity index (χ0n) is 12.9. The maximum Gasteiger partial charge on any atom is 0.303 e. The lowest BCUT2D eigenvalue weighted by atomic mass is 9.48. The van der Waals surface area contributed by atoms with E-state index in [1.807, 2.05) is 0 Å². The average Bonchev–Trinajstić information content (AvgIpc) is 2.36. The second kappa shape index (κ2) is 5.62. The molecule has 0 heterocycles. The third-order valence-corrected chi connectivity index (χ3v) is 6.18. The van der Waals surface area contributed by atoms with Gasteiger partial charge in [-0.1, -0.05) is 0 Å². The number of carbonyl (C=O) groups excluding carboxylic acids is 1. The Balaban J connectivity index is 1.54. The average molecular weight is 293 g/mol. The number of carbonyl (C=O) groups is 2. The number of rotatable bonds is 6. The lowest BCUT2D eigenvalue weighted by Crippen LogP contribution is -2.55. The number of nitrogens with one attached hydrogen (secondary N) is 1. The fourth-order valence-electron chi connectivity index (χ4n) is 5.57. The molecule has 1 atom stereocenters. The highest BCUT2D eigenvalue weighted by atomic mass is 16.4.